The Labute approximate surface area is 179 Å². The van der Waals surface area contributed by atoms with Gasteiger partial charge in [0.1, 0.15) is 15.7 Å². The molecule has 1 unspecified atom stereocenters. The highest BCUT2D eigenvalue weighted by molar-refractivity contribution is 7.99. The second kappa shape index (κ2) is 8.05. The van der Waals surface area contributed by atoms with E-state index >= 15 is 0 Å². The highest BCUT2D eigenvalue weighted by atomic mass is 35.5. The average Bonchev–Trinajstić information content (AvgIpc) is 3.38. The van der Waals surface area contributed by atoms with E-state index in [1.807, 2.05) is 30.1 Å². The molecule has 7 heteroatoms. The van der Waals surface area contributed by atoms with Gasteiger partial charge in [-0.15, -0.1) is 0 Å². The van der Waals surface area contributed by atoms with Gasteiger partial charge in [0.25, 0.3) is 0 Å². The first kappa shape index (κ1) is 19.7. The summed E-state index contributed by atoms with van der Waals surface area (Å²) in [5.41, 5.74) is 4.41. The van der Waals surface area contributed by atoms with Crippen molar-refractivity contribution in [2.24, 2.45) is 7.05 Å². The lowest BCUT2D eigenvalue weighted by molar-refractivity contribution is -0.123. The third kappa shape index (κ3) is 4.38. The summed E-state index contributed by atoms with van der Waals surface area (Å²) in [7, 11) is 5.52. The standard InChI is InChI=1S/C22H21ClN4OS/c1-26(2)20(28)11-16-10-18(16)14-4-6-15(7-5-14)21-22(27(3)13-25-21)29-19-9-8-17(23)12-24-19/h4-9,11-13,18H,10H2,1-3H3. The van der Waals surface area contributed by atoms with Gasteiger partial charge >= 0.3 is 0 Å². The Morgan fingerprint density at radius 2 is 1.97 bits per heavy atom. The van der Waals surface area contributed by atoms with Crippen molar-refractivity contribution >= 4 is 29.3 Å². The van der Waals surface area contributed by atoms with E-state index in [-0.39, 0.29) is 5.91 Å². The molecule has 1 aliphatic carbocycles. The number of rotatable bonds is 5. The van der Waals surface area contributed by atoms with Gasteiger partial charge in [-0.05, 0) is 35.9 Å². The summed E-state index contributed by atoms with van der Waals surface area (Å²) in [4.78, 5) is 22.4. The molecule has 1 fully saturated rings. The van der Waals surface area contributed by atoms with Gasteiger partial charge in [0.2, 0.25) is 5.91 Å². The Kier molecular flexibility index (Phi) is 5.48. The number of imidazole rings is 1. The molecular weight excluding hydrogens is 404 g/mol. The van der Waals surface area contributed by atoms with Crippen LogP contribution in [0.15, 0.2) is 70.6 Å². The maximum atomic E-state index is 11.8. The molecule has 4 rings (SSSR count). The third-order valence-electron chi connectivity index (χ3n) is 4.85. The summed E-state index contributed by atoms with van der Waals surface area (Å²) < 4.78 is 2.00. The first-order valence-corrected chi connectivity index (χ1v) is 10.4. The van der Waals surface area contributed by atoms with E-state index in [9.17, 15) is 4.79 Å². The third-order valence-corrected chi connectivity index (χ3v) is 6.20. The molecule has 29 heavy (non-hydrogen) atoms. The van der Waals surface area contributed by atoms with E-state index in [0.717, 1.165) is 27.7 Å². The largest absolute Gasteiger partial charge is 0.345 e. The van der Waals surface area contributed by atoms with Crippen molar-refractivity contribution in [2.45, 2.75) is 22.4 Å². The van der Waals surface area contributed by atoms with Gasteiger partial charge in [-0.2, -0.15) is 0 Å². The van der Waals surface area contributed by atoms with Crippen molar-refractivity contribution in [3.05, 3.63) is 71.2 Å². The number of aromatic nitrogens is 3. The zero-order valence-corrected chi connectivity index (χ0v) is 18.0. The molecule has 0 spiro atoms. The number of hydrogen-bond donors (Lipinski definition) is 0. The molecule has 0 saturated heterocycles. The van der Waals surface area contributed by atoms with Gasteiger partial charge in [-0.25, -0.2) is 9.97 Å². The van der Waals surface area contributed by atoms with Crippen molar-refractivity contribution in [2.75, 3.05) is 14.1 Å². The summed E-state index contributed by atoms with van der Waals surface area (Å²) in [6.07, 6.45) is 6.17. The van der Waals surface area contributed by atoms with Crippen LogP contribution in [0.4, 0.5) is 0 Å². The van der Waals surface area contributed by atoms with Crippen LogP contribution in [-0.4, -0.2) is 39.4 Å². The number of benzene rings is 1. The fraction of sp³-hybridized carbons (Fsp3) is 0.227. The summed E-state index contributed by atoms with van der Waals surface area (Å²) in [5.74, 6) is 0.397. The van der Waals surface area contributed by atoms with Crippen LogP contribution >= 0.6 is 23.4 Å². The molecular formula is C22H21ClN4OS. The summed E-state index contributed by atoms with van der Waals surface area (Å²) in [5, 5.41) is 2.52. The first-order chi connectivity index (χ1) is 13.9. The number of carbonyl (C=O) groups is 1. The molecule has 2 heterocycles. The molecule has 0 radical (unpaired) electrons. The van der Waals surface area contributed by atoms with Crippen LogP contribution < -0.4 is 0 Å². The maximum absolute atomic E-state index is 11.8. The first-order valence-electron chi connectivity index (χ1n) is 9.25. The summed E-state index contributed by atoms with van der Waals surface area (Å²) >= 11 is 7.50. The van der Waals surface area contributed by atoms with Gasteiger partial charge in [0.15, 0.2) is 0 Å². The van der Waals surface area contributed by atoms with Crippen LogP contribution in [0.2, 0.25) is 5.02 Å². The lowest BCUT2D eigenvalue weighted by Crippen LogP contribution is -2.18. The van der Waals surface area contributed by atoms with Crippen molar-refractivity contribution in [3.63, 3.8) is 0 Å². The van der Waals surface area contributed by atoms with Gasteiger partial charge in [0, 0.05) is 44.9 Å². The summed E-state index contributed by atoms with van der Waals surface area (Å²) in [6, 6.07) is 12.2. The van der Waals surface area contributed by atoms with Crippen molar-refractivity contribution < 1.29 is 4.79 Å². The molecule has 0 N–H and O–H groups in total. The van der Waals surface area contributed by atoms with E-state index in [1.165, 1.54) is 11.1 Å². The van der Waals surface area contributed by atoms with Crippen LogP contribution in [0.25, 0.3) is 11.3 Å². The lowest BCUT2D eigenvalue weighted by Gasteiger charge is -2.07. The lowest BCUT2D eigenvalue weighted by atomic mass is 10.1. The minimum Gasteiger partial charge on any atom is -0.345 e. The molecule has 0 bridgehead atoms. The van der Waals surface area contributed by atoms with E-state index in [1.54, 1.807) is 43.0 Å². The number of amides is 1. The molecule has 5 nitrogen and oxygen atoms in total. The SMILES string of the molecule is CN(C)C(=O)C=C1CC1c1ccc(-c2ncn(C)c2Sc2ccc(Cl)cn2)cc1. The highest BCUT2D eigenvalue weighted by Gasteiger charge is 2.32. The Morgan fingerprint density at radius 3 is 2.62 bits per heavy atom. The number of hydrogen-bond acceptors (Lipinski definition) is 4. The zero-order chi connectivity index (χ0) is 20.5. The molecule has 1 saturated carbocycles. The minimum atomic E-state index is 0.0464. The van der Waals surface area contributed by atoms with E-state index in [0.29, 0.717) is 10.9 Å². The van der Waals surface area contributed by atoms with Crippen LogP contribution in [-0.2, 0) is 11.8 Å². The van der Waals surface area contributed by atoms with Crippen molar-refractivity contribution in [3.8, 4) is 11.3 Å². The number of halogens is 1. The number of aryl methyl sites for hydroxylation is 1. The van der Waals surface area contributed by atoms with Crippen LogP contribution in [0, 0.1) is 0 Å². The molecule has 1 aliphatic rings. The Bertz CT molecular complexity index is 1070. The van der Waals surface area contributed by atoms with Crippen molar-refractivity contribution in [1.82, 2.24) is 19.4 Å². The predicted octanol–water partition coefficient (Wildman–Crippen LogP) is 4.79. The van der Waals surface area contributed by atoms with Gasteiger partial charge in [-0.1, -0.05) is 41.4 Å². The highest BCUT2D eigenvalue weighted by Crippen LogP contribution is 2.47. The van der Waals surface area contributed by atoms with Crippen molar-refractivity contribution in [1.29, 1.82) is 0 Å². The number of allylic oxidation sites excluding steroid dienone is 1. The van der Waals surface area contributed by atoms with Gasteiger partial charge < -0.3 is 9.47 Å². The van der Waals surface area contributed by atoms with Crippen LogP contribution in [0.3, 0.4) is 0 Å². The zero-order valence-electron chi connectivity index (χ0n) is 16.5. The second-order valence-corrected chi connectivity index (χ2v) is 8.70. The number of likely N-dealkylation sites (N-methyl/N-ethyl adjacent to an activating group) is 1. The number of carbonyl (C=O) groups excluding carboxylic acids is 1. The molecule has 3 aromatic rings. The van der Waals surface area contributed by atoms with E-state index in [4.69, 9.17) is 11.6 Å². The predicted molar refractivity (Wildman–Crippen MR) is 116 cm³/mol. The smallest absolute Gasteiger partial charge is 0.246 e. The summed E-state index contributed by atoms with van der Waals surface area (Å²) in [6.45, 7) is 0. The molecule has 2 aromatic heterocycles. The molecule has 1 amide bonds. The van der Waals surface area contributed by atoms with E-state index in [2.05, 4.69) is 34.2 Å². The quantitative estimate of drug-likeness (QED) is 0.552. The number of pyridine rings is 1. The van der Waals surface area contributed by atoms with Crippen LogP contribution in [0.1, 0.15) is 17.9 Å². The monoisotopic (exact) mass is 424 g/mol. The maximum Gasteiger partial charge on any atom is 0.246 e. The fourth-order valence-corrected chi connectivity index (χ4v) is 4.10. The van der Waals surface area contributed by atoms with E-state index < -0.39 is 0 Å². The van der Waals surface area contributed by atoms with Crippen LogP contribution in [0.5, 0.6) is 0 Å². The molecule has 1 atom stereocenters. The Balaban J connectivity index is 1.53. The Hall–Kier alpha value is -2.57. The van der Waals surface area contributed by atoms with Gasteiger partial charge in [0.05, 0.1) is 11.3 Å². The fourth-order valence-electron chi connectivity index (χ4n) is 3.09. The molecule has 0 aliphatic heterocycles. The number of nitrogens with zero attached hydrogens (tertiary/aromatic N) is 4. The van der Waals surface area contributed by atoms with Gasteiger partial charge in [-0.3, -0.25) is 4.79 Å². The molecule has 1 aromatic carbocycles. The average molecular weight is 425 g/mol. The minimum absolute atomic E-state index is 0.0464. The Morgan fingerprint density at radius 1 is 1.21 bits per heavy atom. The normalized spacial score (nSPS) is 16.8. The topological polar surface area (TPSA) is 51.0 Å². The molecule has 148 valence electrons. The second-order valence-electron chi connectivity index (χ2n) is 7.26.